The number of aromatic amines is 1. The summed E-state index contributed by atoms with van der Waals surface area (Å²) >= 11 is 7.26. The van der Waals surface area contributed by atoms with Gasteiger partial charge in [-0.15, -0.1) is 0 Å². The lowest BCUT2D eigenvalue weighted by atomic mass is 10.3. The summed E-state index contributed by atoms with van der Waals surface area (Å²) in [5, 5.41) is 11.6. The fourth-order valence-corrected chi connectivity index (χ4v) is 3.47. The second kappa shape index (κ2) is 8.20. The number of H-pyrrole nitrogens is 1. The smallest absolute Gasteiger partial charge is 0.329 e. The molecule has 1 atom stereocenters. The molecule has 1 unspecified atom stereocenters. The highest BCUT2D eigenvalue weighted by Gasteiger charge is 2.19. The Morgan fingerprint density at radius 3 is 2.70 bits per heavy atom. The minimum atomic E-state index is -0.883. The lowest BCUT2D eigenvalue weighted by Crippen LogP contribution is -2.30. The van der Waals surface area contributed by atoms with Crippen molar-refractivity contribution in [1.29, 1.82) is 0 Å². The summed E-state index contributed by atoms with van der Waals surface area (Å²) in [5.41, 5.74) is -0.532. The minimum absolute atomic E-state index is 0.0290. The van der Waals surface area contributed by atoms with E-state index in [0.29, 0.717) is 15.9 Å². The van der Waals surface area contributed by atoms with Crippen LogP contribution in [0.25, 0.3) is 11.2 Å². The third kappa shape index (κ3) is 4.20. The summed E-state index contributed by atoms with van der Waals surface area (Å²) in [6, 6.07) is 6.81. The van der Waals surface area contributed by atoms with Gasteiger partial charge in [0.05, 0.1) is 6.54 Å². The molecule has 0 spiro atoms. The van der Waals surface area contributed by atoms with E-state index in [-0.39, 0.29) is 24.3 Å². The van der Waals surface area contributed by atoms with Crippen molar-refractivity contribution in [2.45, 2.75) is 24.7 Å². The summed E-state index contributed by atoms with van der Waals surface area (Å²) < 4.78 is 8.47. The number of imidazole rings is 1. The Bertz CT molecular complexity index is 1060. The number of benzene rings is 1. The number of rotatable bonds is 7. The van der Waals surface area contributed by atoms with Crippen LogP contribution in [-0.4, -0.2) is 42.7 Å². The van der Waals surface area contributed by atoms with Crippen molar-refractivity contribution >= 4 is 34.5 Å². The van der Waals surface area contributed by atoms with Crippen molar-refractivity contribution in [2.24, 2.45) is 7.05 Å². The van der Waals surface area contributed by atoms with E-state index in [0.717, 1.165) is 5.75 Å². The number of nitrogens with one attached hydrogen (secondary N) is 1. The van der Waals surface area contributed by atoms with Crippen LogP contribution in [0.3, 0.4) is 0 Å². The van der Waals surface area contributed by atoms with Crippen LogP contribution in [0.1, 0.15) is 6.92 Å². The van der Waals surface area contributed by atoms with Crippen LogP contribution in [0.4, 0.5) is 0 Å². The van der Waals surface area contributed by atoms with Crippen LogP contribution in [0.2, 0.25) is 5.02 Å². The van der Waals surface area contributed by atoms with Crippen molar-refractivity contribution in [3.8, 4) is 5.75 Å². The molecule has 0 saturated heterocycles. The predicted molar refractivity (Wildman–Crippen MR) is 105 cm³/mol. The van der Waals surface area contributed by atoms with E-state index in [2.05, 4.69) is 9.97 Å². The number of aliphatic hydroxyl groups excluding tert-OH is 1. The fraction of sp³-hybridized carbons (Fsp3) is 0.353. The number of hydrogen-bond acceptors (Lipinski definition) is 6. The topological polar surface area (TPSA) is 102 Å². The maximum absolute atomic E-state index is 12.3. The number of hydrogen-bond donors (Lipinski definition) is 2. The average molecular weight is 411 g/mol. The van der Waals surface area contributed by atoms with Crippen LogP contribution in [0.15, 0.2) is 39.0 Å². The van der Waals surface area contributed by atoms with Gasteiger partial charge in [0.25, 0.3) is 5.56 Å². The quantitative estimate of drug-likeness (QED) is 0.574. The summed E-state index contributed by atoms with van der Waals surface area (Å²) in [7, 11) is 1.54. The van der Waals surface area contributed by atoms with Crippen LogP contribution in [0, 0.1) is 0 Å². The van der Waals surface area contributed by atoms with E-state index in [1.165, 1.54) is 16.3 Å². The van der Waals surface area contributed by atoms with E-state index in [1.807, 2.05) is 6.92 Å². The molecule has 3 rings (SSSR count). The molecule has 2 heterocycles. The van der Waals surface area contributed by atoms with Crippen LogP contribution in [0.5, 0.6) is 5.75 Å². The first-order valence-corrected chi connectivity index (χ1v) is 9.65. The molecule has 0 aliphatic rings. The molecule has 3 aromatic rings. The molecule has 0 aliphatic heterocycles. The highest BCUT2D eigenvalue weighted by molar-refractivity contribution is 7.99. The lowest BCUT2D eigenvalue weighted by Gasteiger charge is -2.15. The van der Waals surface area contributed by atoms with Crippen molar-refractivity contribution in [2.75, 3.05) is 12.4 Å². The SMILES string of the molecule is CCSc1nc2c(c(=O)[nH]c(=O)n2C)n1CC(O)COc1ccc(Cl)cc1. The Balaban J connectivity index is 1.87. The molecule has 1 aromatic carbocycles. The molecular weight excluding hydrogens is 392 g/mol. The number of ether oxygens (including phenoxy) is 1. The monoisotopic (exact) mass is 410 g/mol. The van der Waals surface area contributed by atoms with Gasteiger partial charge in [-0.05, 0) is 30.0 Å². The molecule has 0 saturated carbocycles. The van der Waals surface area contributed by atoms with Gasteiger partial charge in [-0.1, -0.05) is 30.3 Å². The highest BCUT2D eigenvalue weighted by Crippen LogP contribution is 2.22. The summed E-state index contributed by atoms with van der Waals surface area (Å²) in [5.74, 6) is 1.31. The first-order valence-electron chi connectivity index (χ1n) is 8.29. The fourth-order valence-electron chi connectivity index (χ4n) is 2.61. The predicted octanol–water partition coefficient (Wildman–Crippen LogP) is 1.63. The number of aliphatic hydroxyl groups is 1. The molecule has 0 amide bonds. The number of aryl methyl sites for hydroxylation is 1. The molecule has 27 heavy (non-hydrogen) atoms. The van der Waals surface area contributed by atoms with E-state index in [4.69, 9.17) is 16.3 Å². The van der Waals surface area contributed by atoms with Crippen LogP contribution in [-0.2, 0) is 13.6 Å². The third-order valence-corrected chi connectivity index (χ3v) is 5.01. The largest absolute Gasteiger partial charge is 0.491 e. The highest BCUT2D eigenvalue weighted by atomic mass is 35.5. The average Bonchev–Trinajstić information content (AvgIpc) is 2.98. The molecule has 2 N–H and O–H groups in total. The zero-order valence-corrected chi connectivity index (χ0v) is 16.4. The van der Waals surface area contributed by atoms with E-state index < -0.39 is 17.4 Å². The Labute approximate surface area is 163 Å². The summed E-state index contributed by atoms with van der Waals surface area (Å²) in [6.07, 6.45) is -0.883. The minimum Gasteiger partial charge on any atom is -0.491 e. The van der Waals surface area contributed by atoms with E-state index >= 15 is 0 Å². The van der Waals surface area contributed by atoms with Crippen molar-refractivity contribution in [3.63, 3.8) is 0 Å². The standard InChI is InChI=1S/C17H19ClN4O4S/c1-3-27-17-19-14-13(15(24)20-16(25)21(14)2)22(17)8-11(23)9-26-12-6-4-10(18)5-7-12/h4-7,11,23H,3,8-9H2,1-2H3,(H,20,24,25). The van der Waals surface area contributed by atoms with Gasteiger partial charge in [-0.2, -0.15) is 0 Å². The molecule has 144 valence electrons. The third-order valence-electron chi connectivity index (χ3n) is 3.89. The zero-order chi connectivity index (χ0) is 19.6. The van der Waals surface area contributed by atoms with Gasteiger partial charge in [-0.25, -0.2) is 9.78 Å². The number of nitrogens with zero attached hydrogens (tertiary/aromatic N) is 3. The summed E-state index contributed by atoms with van der Waals surface area (Å²) in [4.78, 5) is 30.8. The van der Waals surface area contributed by atoms with Gasteiger partial charge >= 0.3 is 5.69 Å². The molecular formula is C17H19ClN4O4S. The molecule has 10 heteroatoms. The maximum Gasteiger partial charge on any atom is 0.329 e. The van der Waals surface area contributed by atoms with Gasteiger partial charge in [0.15, 0.2) is 16.3 Å². The van der Waals surface area contributed by atoms with Gasteiger partial charge in [0.2, 0.25) is 0 Å². The molecule has 0 bridgehead atoms. The normalized spacial score (nSPS) is 12.4. The van der Waals surface area contributed by atoms with Gasteiger partial charge in [0, 0.05) is 12.1 Å². The first-order chi connectivity index (χ1) is 12.9. The zero-order valence-electron chi connectivity index (χ0n) is 14.8. The Kier molecular flexibility index (Phi) is 5.93. The second-order valence-corrected chi connectivity index (χ2v) is 7.51. The van der Waals surface area contributed by atoms with Crippen molar-refractivity contribution in [1.82, 2.24) is 19.1 Å². The molecule has 0 radical (unpaired) electrons. The van der Waals surface area contributed by atoms with Crippen LogP contribution >= 0.6 is 23.4 Å². The number of halogens is 1. The summed E-state index contributed by atoms with van der Waals surface area (Å²) in [6.45, 7) is 2.09. The second-order valence-electron chi connectivity index (χ2n) is 5.85. The number of thioether (sulfide) groups is 1. The van der Waals surface area contributed by atoms with Crippen molar-refractivity contribution < 1.29 is 9.84 Å². The number of fused-ring (bicyclic) bond motifs is 1. The molecule has 2 aromatic heterocycles. The van der Waals surface area contributed by atoms with Crippen molar-refractivity contribution in [3.05, 3.63) is 50.1 Å². The number of aromatic nitrogens is 4. The first kappa shape index (κ1) is 19.5. The van der Waals surface area contributed by atoms with E-state index in [9.17, 15) is 14.7 Å². The van der Waals surface area contributed by atoms with Crippen LogP contribution < -0.4 is 16.0 Å². The van der Waals surface area contributed by atoms with Gasteiger partial charge in [-0.3, -0.25) is 14.3 Å². The Morgan fingerprint density at radius 2 is 2.04 bits per heavy atom. The van der Waals surface area contributed by atoms with Gasteiger partial charge < -0.3 is 14.4 Å². The van der Waals surface area contributed by atoms with E-state index in [1.54, 1.807) is 35.9 Å². The maximum atomic E-state index is 12.3. The van der Waals surface area contributed by atoms with Gasteiger partial charge in [0.1, 0.15) is 18.5 Å². The Morgan fingerprint density at radius 1 is 1.33 bits per heavy atom. The lowest BCUT2D eigenvalue weighted by molar-refractivity contribution is 0.0914. The molecule has 0 aliphatic carbocycles. The molecule has 8 nitrogen and oxygen atoms in total. The Hall–Kier alpha value is -2.23. The molecule has 0 fully saturated rings.